The second kappa shape index (κ2) is 6.39. The minimum Gasteiger partial charge on any atom is -0.308 e. The lowest BCUT2D eigenvalue weighted by molar-refractivity contribution is 0.423. The molecule has 2 rings (SSSR count). The van der Waals surface area contributed by atoms with Crippen LogP contribution in [0.2, 0.25) is 0 Å². The minimum absolute atomic E-state index is 0.0790. The number of rotatable bonds is 5. The summed E-state index contributed by atoms with van der Waals surface area (Å²) in [6.45, 7) is 9.98. The van der Waals surface area contributed by atoms with E-state index in [4.69, 9.17) is 0 Å². The maximum absolute atomic E-state index is 13.3. The molecule has 21 heavy (non-hydrogen) atoms. The predicted molar refractivity (Wildman–Crippen MR) is 83.7 cm³/mol. The Hall–Kier alpha value is -1.68. The molecule has 0 fully saturated rings. The summed E-state index contributed by atoms with van der Waals surface area (Å²) >= 11 is 0. The summed E-state index contributed by atoms with van der Waals surface area (Å²) in [5.74, 6) is -0.202. The highest BCUT2D eigenvalue weighted by atomic mass is 19.1. The van der Waals surface area contributed by atoms with Crippen LogP contribution in [0, 0.1) is 5.82 Å². The van der Waals surface area contributed by atoms with Gasteiger partial charge >= 0.3 is 0 Å². The largest absolute Gasteiger partial charge is 0.308 e. The van der Waals surface area contributed by atoms with E-state index in [1.807, 2.05) is 16.9 Å². The van der Waals surface area contributed by atoms with Crippen molar-refractivity contribution >= 4 is 0 Å². The van der Waals surface area contributed by atoms with Crippen molar-refractivity contribution in [2.75, 3.05) is 0 Å². The molecule has 0 aliphatic carbocycles. The molecular formula is C17H24FN3. The van der Waals surface area contributed by atoms with Gasteiger partial charge < -0.3 is 5.32 Å². The Morgan fingerprint density at radius 1 is 1.29 bits per heavy atom. The third-order valence-electron chi connectivity index (χ3n) is 3.40. The van der Waals surface area contributed by atoms with E-state index >= 15 is 0 Å². The van der Waals surface area contributed by atoms with Gasteiger partial charge in [0.05, 0.1) is 12.7 Å². The van der Waals surface area contributed by atoms with Gasteiger partial charge in [-0.1, -0.05) is 19.1 Å². The molecule has 0 amide bonds. The van der Waals surface area contributed by atoms with E-state index in [2.05, 4.69) is 38.1 Å². The van der Waals surface area contributed by atoms with Crippen molar-refractivity contribution in [1.82, 2.24) is 15.1 Å². The number of aromatic nitrogens is 2. The molecule has 0 aliphatic heterocycles. The molecule has 1 heterocycles. The third kappa shape index (κ3) is 4.39. The van der Waals surface area contributed by atoms with Crippen LogP contribution in [0.4, 0.5) is 4.39 Å². The van der Waals surface area contributed by atoms with Crippen LogP contribution < -0.4 is 5.32 Å². The first-order valence-corrected chi connectivity index (χ1v) is 7.42. The van der Waals surface area contributed by atoms with Gasteiger partial charge in [0.1, 0.15) is 5.82 Å². The summed E-state index contributed by atoms with van der Waals surface area (Å²) in [7, 11) is 0. The van der Waals surface area contributed by atoms with E-state index < -0.39 is 0 Å². The predicted octanol–water partition coefficient (Wildman–Crippen LogP) is 3.52. The van der Waals surface area contributed by atoms with Crippen LogP contribution in [0.25, 0.3) is 0 Å². The zero-order chi connectivity index (χ0) is 15.5. The van der Waals surface area contributed by atoms with Gasteiger partial charge in [0.15, 0.2) is 0 Å². The lowest BCUT2D eigenvalue weighted by Crippen LogP contribution is -2.35. The Bertz CT molecular complexity index is 596. The summed E-state index contributed by atoms with van der Waals surface area (Å²) in [6, 6.07) is 6.69. The lowest BCUT2D eigenvalue weighted by Gasteiger charge is -2.20. The number of nitrogens with zero attached hydrogens (tertiary/aromatic N) is 2. The van der Waals surface area contributed by atoms with Crippen molar-refractivity contribution in [3.05, 3.63) is 53.1 Å². The molecular weight excluding hydrogens is 265 g/mol. The number of nitrogens with one attached hydrogen (secondary N) is 1. The highest BCUT2D eigenvalue weighted by Gasteiger charge is 2.13. The quantitative estimate of drug-likeness (QED) is 0.912. The van der Waals surface area contributed by atoms with E-state index in [9.17, 15) is 4.39 Å². The Labute approximate surface area is 126 Å². The van der Waals surface area contributed by atoms with Crippen LogP contribution >= 0.6 is 0 Å². The van der Waals surface area contributed by atoms with Crippen LogP contribution in [0.15, 0.2) is 30.5 Å². The van der Waals surface area contributed by atoms with Crippen LogP contribution in [0.5, 0.6) is 0 Å². The Morgan fingerprint density at radius 3 is 2.67 bits per heavy atom. The first-order valence-electron chi connectivity index (χ1n) is 7.42. The molecule has 1 N–H and O–H groups in total. The van der Waals surface area contributed by atoms with Crippen molar-refractivity contribution in [1.29, 1.82) is 0 Å². The fourth-order valence-electron chi connectivity index (χ4n) is 2.31. The van der Waals surface area contributed by atoms with E-state index in [0.717, 1.165) is 18.5 Å². The van der Waals surface area contributed by atoms with Crippen molar-refractivity contribution in [2.45, 2.75) is 52.7 Å². The first-order chi connectivity index (χ1) is 9.89. The topological polar surface area (TPSA) is 29.9 Å². The molecule has 1 aromatic heterocycles. The van der Waals surface area contributed by atoms with Gasteiger partial charge in [0.25, 0.3) is 0 Å². The molecule has 0 bridgehead atoms. The Kier molecular flexibility index (Phi) is 4.78. The molecule has 4 heteroatoms. The molecule has 0 aliphatic rings. The van der Waals surface area contributed by atoms with Crippen molar-refractivity contribution < 1.29 is 4.39 Å². The van der Waals surface area contributed by atoms with Crippen molar-refractivity contribution in [3.63, 3.8) is 0 Å². The molecule has 3 nitrogen and oxygen atoms in total. The van der Waals surface area contributed by atoms with Crippen LogP contribution in [0.1, 0.15) is 44.5 Å². The monoisotopic (exact) mass is 289 g/mol. The molecule has 0 spiro atoms. The van der Waals surface area contributed by atoms with Crippen LogP contribution in [-0.4, -0.2) is 15.3 Å². The molecule has 2 aromatic rings. The maximum atomic E-state index is 13.3. The van der Waals surface area contributed by atoms with Gasteiger partial charge in [-0.25, -0.2) is 4.39 Å². The number of halogens is 1. The molecule has 0 saturated heterocycles. The smallest absolute Gasteiger partial charge is 0.123 e. The van der Waals surface area contributed by atoms with Gasteiger partial charge in [-0.05, 0) is 44.9 Å². The molecule has 0 radical (unpaired) electrons. The average Bonchev–Trinajstić information content (AvgIpc) is 2.77. The molecule has 0 saturated carbocycles. The maximum Gasteiger partial charge on any atom is 0.123 e. The molecule has 0 unspecified atom stereocenters. The second-order valence-corrected chi connectivity index (χ2v) is 6.36. The van der Waals surface area contributed by atoms with Crippen molar-refractivity contribution in [2.24, 2.45) is 0 Å². The van der Waals surface area contributed by atoms with Gasteiger partial charge in [-0.15, -0.1) is 0 Å². The zero-order valence-corrected chi connectivity index (χ0v) is 13.3. The summed E-state index contributed by atoms with van der Waals surface area (Å²) in [5, 5.41) is 7.95. The lowest BCUT2D eigenvalue weighted by atomic mass is 10.1. The van der Waals surface area contributed by atoms with E-state index in [-0.39, 0.29) is 11.4 Å². The van der Waals surface area contributed by atoms with E-state index in [1.165, 1.54) is 17.3 Å². The summed E-state index contributed by atoms with van der Waals surface area (Å²) in [5.41, 5.74) is 3.43. The Morgan fingerprint density at radius 2 is 2.05 bits per heavy atom. The third-order valence-corrected chi connectivity index (χ3v) is 3.40. The average molecular weight is 289 g/mol. The summed E-state index contributed by atoms with van der Waals surface area (Å²) < 4.78 is 15.2. The van der Waals surface area contributed by atoms with Gasteiger partial charge in [0, 0.05) is 23.3 Å². The summed E-state index contributed by atoms with van der Waals surface area (Å²) in [6.07, 6.45) is 2.83. The second-order valence-electron chi connectivity index (χ2n) is 6.36. The van der Waals surface area contributed by atoms with Crippen LogP contribution in [-0.2, 0) is 19.5 Å². The minimum atomic E-state index is -0.202. The van der Waals surface area contributed by atoms with Gasteiger partial charge in [-0.3, -0.25) is 4.68 Å². The SMILES string of the molecule is CCc1c(CNC(C)(C)C)cnn1Cc1cccc(F)c1. The molecule has 114 valence electrons. The fourth-order valence-corrected chi connectivity index (χ4v) is 2.31. The van der Waals surface area contributed by atoms with Gasteiger partial charge in [0.2, 0.25) is 0 Å². The van der Waals surface area contributed by atoms with Crippen molar-refractivity contribution in [3.8, 4) is 0 Å². The van der Waals surface area contributed by atoms with E-state index in [1.54, 1.807) is 12.1 Å². The Balaban J connectivity index is 2.15. The first kappa shape index (κ1) is 15.7. The number of benzene rings is 1. The highest BCUT2D eigenvalue weighted by Crippen LogP contribution is 2.14. The molecule has 0 atom stereocenters. The van der Waals surface area contributed by atoms with Crippen LogP contribution in [0.3, 0.4) is 0 Å². The highest BCUT2D eigenvalue weighted by molar-refractivity contribution is 5.21. The zero-order valence-electron chi connectivity index (χ0n) is 13.3. The molecule has 1 aromatic carbocycles. The standard InChI is InChI=1S/C17H24FN3/c1-5-16-14(10-19-17(2,3)4)11-20-21(16)12-13-7-6-8-15(18)9-13/h6-9,11,19H,5,10,12H2,1-4H3. The number of hydrogen-bond donors (Lipinski definition) is 1. The summed E-state index contributed by atoms with van der Waals surface area (Å²) in [4.78, 5) is 0. The van der Waals surface area contributed by atoms with Gasteiger partial charge in [-0.2, -0.15) is 5.10 Å². The normalized spacial score (nSPS) is 11.9. The van der Waals surface area contributed by atoms with E-state index in [0.29, 0.717) is 6.54 Å². The fraction of sp³-hybridized carbons (Fsp3) is 0.471. The number of hydrogen-bond acceptors (Lipinski definition) is 2.